The quantitative estimate of drug-likeness (QED) is 0.693. The summed E-state index contributed by atoms with van der Waals surface area (Å²) in [6.45, 7) is 5.96. The Labute approximate surface area is 78.6 Å². The van der Waals surface area contributed by atoms with Crippen LogP contribution in [0.15, 0.2) is 18.3 Å². The number of pyridine rings is 1. The van der Waals surface area contributed by atoms with Crippen molar-refractivity contribution in [3.8, 4) is 0 Å². The highest BCUT2D eigenvalue weighted by atomic mass is 15.3. The molecule has 0 aliphatic carbocycles. The van der Waals surface area contributed by atoms with E-state index in [1.807, 2.05) is 12.3 Å². The molecule has 0 amide bonds. The number of rotatable bonds is 1. The summed E-state index contributed by atoms with van der Waals surface area (Å²) in [5, 5.41) is 0. The lowest BCUT2D eigenvalue weighted by atomic mass is 9.94. The van der Waals surface area contributed by atoms with Gasteiger partial charge in [-0.05, 0) is 31.5 Å². The van der Waals surface area contributed by atoms with Crippen LogP contribution >= 0.6 is 0 Å². The molecule has 3 heteroatoms. The number of nitrogens with zero attached hydrogens (tertiary/aromatic N) is 2. The number of aryl methyl sites for hydroxylation is 1. The SMILES string of the molecule is Cc1ccnc(N2CC(C)(N)C2)c1. The monoisotopic (exact) mass is 177 g/mol. The smallest absolute Gasteiger partial charge is 0.128 e. The van der Waals surface area contributed by atoms with Gasteiger partial charge in [0.1, 0.15) is 5.82 Å². The molecular formula is C10H15N3. The van der Waals surface area contributed by atoms with Crippen LogP contribution in [0.3, 0.4) is 0 Å². The first-order chi connectivity index (χ1) is 6.07. The van der Waals surface area contributed by atoms with Crippen molar-refractivity contribution < 1.29 is 0 Å². The summed E-state index contributed by atoms with van der Waals surface area (Å²) in [5.74, 6) is 1.04. The molecule has 1 aromatic rings. The predicted molar refractivity (Wildman–Crippen MR) is 53.8 cm³/mol. The third-order valence-electron chi connectivity index (χ3n) is 2.33. The minimum atomic E-state index is -0.0224. The van der Waals surface area contributed by atoms with E-state index in [1.54, 1.807) is 0 Å². The summed E-state index contributed by atoms with van der Waals surface area (Å²) in [7, 11) is 0. The van der Waals surface area contributed by atoms with Crippen LogP contribution in [0, 0.1) is 6.92 Å². The first-order valence-electron chi connectivity index (χ1n) is 4.53. The molecule has 0 saturated carbocycles. The number of hydrogen-bond donors (Lipinski definition) is 1. The van der Waals surface area contributed by atoms with E-state index in [-0.39, 0.29) is 5.54 Å². The van der Waals surface area contributed by atoms with Crippen molar-refractivity contribution in [1.82, 2.24) is 4.98 Å². The van der Waals surface area contributed by atoms with Gasteiger partial charge in [-0.15, -0.1) is 0 Å². The summed E-state index contributed by atoms with van der Waals surface area (Å²) in [5.41, 5.74) is 7.14. The third-order valence-corrected chi connectivity index (χ3v) is 2.33. The lowest BCUT2D eigenvalue weighted by molar-refractivity contribution is 0.363. The molecule has 0 spiro atoms. The molecule has 2 N–H and O–H groups in total. The molecule has 1 aromatic heterocycles. The maximum Gasteiger partial charge on any atom is 0.128 e. The van der Waals surface area contributed by atoms with Crippen molar-refractivity contribution in [2.45, 2.75) is 19.4 Å². The molecule has 1 aliphatic heterocycles. The summed E-state index contributed by atoms with van der Waals surface area (Å²) in [6, 6.07) is 4.10. The highest BCUT2D eigenvalue weighted by Crippen LogP contribution is 2.23. The van der Waals surface area contributed by atoms with Gasteiger partial charge < -0.3 is 10.6 Å². The Hall–Kier alpha value is -1.09. The maximum absolute atomic E-state index is 5.92. The van der Waals surface area contributed by atoms with Crippen molar-refractivity contribution in [2.24, 2.45) is 5.73 Å². The van der Waals surface area contributed by atoms with Crippen molar-refractivity contribution >= 4 is 5.82 Å². The fourth-order valence-electron chi connectivity index (χ4n) is 1.68. The van der Waals surface area contributed by atoms with E-state index in [4.69, 9.17) is 5.73 Å². The molecule has 2 heterocycles. The third kappa shape index (κ3) is 1.65. The Balaban J connectivity index is 2.11. The Kier molecular flexibility index (Phi) is 1.77. The van der Waals surface area contributed by atoms with Crippen LogP contribution in [0.2, 0.25) is 0 Å². The molecule has 3 nitrogen and oxygen atoms in total. The van der Waals surface area contributed by atoms with E-state index < -0.39 is 0 Å². The number of anilines is 1. The zero-order chi connectivity index (χ0) is 9.47. The largest absolute Gasteiger partial charge is 0.353 e. The van der Waals surface area contributed by atoms with Crippen molar-refractivity contribution in [3.05, 3.63) is 23.9 Å². The van der Waals surface area contributed by atoms with E-state index in [2.05, 4.69) is 29.8 Å². The van der Waals surface area contributed by atoms with Gasteiger partial charge in [-0.3, -0.25) is 0 Å². The molecule has 0 radical (unpaired) electrons. The topological polar surface area (TPSA) is 42.2 Å². The highest BCUT2D eigenvalue weighted by Gasteiger charge is 2.35. The lowest BCUT2D eigenvalue weighted by Crippen LogP contribution is -2.65. The number of aromatic nitrogens is 1. The van der Waals surface area contributed by atoms with E-state index >= 15 is 0 Å². The summed E-state index contributed by atoms with van der Waals surface area (Å²) < 4.78 is 0. The minimum absolute atomic E-state index is 0.0224. The fraction of sp³-hybridized carbons (Fsp3) is 0.500. The van der Waals surface area contributed by atoms with E-state index in [1.165, 1.54) is 5.56 Å². The Bertz CT molecular complexity index is 312. The van der Waals surface area contributed by atoms with E-state index in [9.17, 15) is 0 Å². The normalized spacial score (nSPS) is 19.8. The van der Waals surface area contributed by atoms with Gasteiger partial charge in [0, 0.05) is 24.8 Å². The average molecular weight is 177 g/mol. The molecule has 0 atom stereocenters. The van der Waals surface area contributed by atoms with Gasteiger partial charge in [-0.1, -0.05) is 0 Å². The molecular weight excluding hydrogens is 162 g/mol. The minimum Gasteiger partial charge on any atom is -0.353 e. The van der Waals surface area contributed by atoms with Gasteiger partial charge in [0.05, 0.1) is 0 Å². The van der Waals surface area contributed by atoms with Gasteiger partial charge in [0.2, 0.25) is 0 Å². The fourth-order valence-corrected chi connectivity index (χ4v) is 1.68. The molecule has 2 rings (SSSR count). The van der Waals surface area contributed by atoms with Crippen LogP contribution in [0.25, 0.3) is 0 Å². The van der Waals surface area contributed by atoms with Gasteiger partial charge in [-0.2, -0.15) is 0 Å². The van der Waals surface area contributed by atoms with Crippen molar-refractivity contribution in [1.29, 1.82) is 0 Å². The van der Waals surface area contributed by atoms with Gasteiger partial charge in [0.15, 0.2) is 0 Å². The summed E-state index contributed by atoms with van der Waals surface area (Å²) in [4.78, 5) is 6.50. The maximum atomic E-state index is 5.92. The summed E-state index contributed by atoms with van der Waals surface area (Å²) >= 11 is 0. The number of hydrogen-bond acceptors (Lipinski definition) is 3. The zero-order valence-corrected chi connectivity index (χ0v) is 8.12. The van der Waals surface area contributed by atoms with Crippen molar-refractivity contribution in [2.75, 3.05) is 18.0 Å². The predicted octanol–water partition coefficient (Wildman–Crippen LogP) is 0.927. The molecule has 1 fully saturated rings. The van der Waals surface area contributed by atoms with Crippen LogP contribution in [-0.2, 0) is 0 Å². The van der Waals surface area contributed by atoms with Gasteiger partial charge in [0.25, 0.3) is 0 Å². The van der Waals surface area contributed by atoms with Gasteiger partial charge >= 0.3 is 0 Å². The molecule has 0 bridgehead atoms. The Morgan fingerprint density at radius 2 is 2.23 bits per heavy atom. The molecule has 1 aliphatic rings. The van der Waals surface area contributed by atoms with E-state index in [0.29, 0.717) is 0 Å². The van der Waals surface area contributed by atoms with Crippen LogP contribution in [0.1, 0.15) is 12.5 Å². The Morgan fingerprint density at radius 3 is 2.77 bits per heavy atom. The Morgan fingerprint density at radius 1 is 1.54 bits per heavy atom. The molecule has 1 saturated heterocycles. The molecule has 0 unspecified atom stereocenters. The standard InChI is InChI=1S/C10H15N3/c1-8-3-4-12-9(5-8)13-6-10(2,11)7-13/h3-5H,6-7,11H2,1-2H3. The van der Waals surface area contributed by atoms with Crippen LogP contribution in [-0.4, -0.2) is 23.6 Å². The van der Waals surface area contributed by atoms with Crippen LogP contribution in [0.5, 0.6) is 0 Å². The average Bonchev–Trinajstić information content (AvgIpc) is 2.00. The first-order valence-corrected chi connectivity index (χ1v) is 4.53. The molecule has 70 valence electrons. The molecule has 0 aromatic carbocycles. The van der Waals surface area contributed by atoms with E-state index in [0.717, 1.165) is 18.9 Å². The second-order valence-electron chi connectivity index (χ2n) is 4.20. The first kappa shape index (κ1) is 8.51. The highest BCUT2D eigenvalue weighted by molar-refractivity contribution is 5.45. The summed E-state index contributed by atoms with van der Waals surface area (Å²) in [6.07, 6.45) is 1.84. The lowest BCUT2D eigenvalue weighted by Gasteiger charge is -2.46. The van der Waals surface area contributed by atoms with Crippen molar-refractivity contribution in [3.63, 3.8) is 0 Å². The van der Waals surface area contributed by atoms with Gasteiger partial charge in [-0.25, -0.2) is 4.98 Å². The zero-order valence-electron chi connectivity index (χ0n) is 8.12. The second-order valence-corrected chi connectivity index (χ2v) is 4.20. The van der Waals surface area contributed by atoms with Crippen LogP contribution in [0.4, 0.5) is 5.82 Å². The number of nitrogens with two attached hydrogens (primary N) is 1. The molecule has 13 heavy (non-hydrogen) atoms. The second kappa shape index (κ2) is 2.70. The van der Waals surface area contributed by atoms with Crippen LogP contribution < -0.4 is 10.6 Å².